The van der Waals surface area contributed by atoms with Crippen molar-refractivity contribution in [3.8, 4) is 22.8 Å². The number of hydrogen-bond donors (Lipinski definition) is 0. The number of nitrogens with zero attached hydrogens (tertiary/aromatic N) is 2. The molecular formula is C22H20BClN2O2. The zero-order valence-electron chi connectivity index (χ0n) is 16.1. The van der Waals surface area contributed by atoms with Crippen LogP contribution in [0.1, 0.15) is 11.1 Å². The van der Waals surface area contributed by atoms with Crippen LogP contribution in [0.25, 0.3) is 16.9 Å². The van der Waals surface area contributed by atoms with Gasteiger partial charge in [-0.25, -0.2) is 4.98 Å². The van der Waals surface area contributed by atoms with Gasteiger partial charge in [0.25, 0.3) is 0 Å². The van der Waals surface area contributed by atoms with Crippen molar-refractivity contribution in [3.63, 3.8) is 0 Å². The van der Waals surface area contributed by atoms with Crippen LogP contribution in [-0.2, 0) is 6.61 Å². The summed E-state index contributed by atoms with van der Waals surface area (Å²) in [6.07, 6.45) is 4.12. The van der Waals surface area contributed by atoms with Gasteiger partial charge in [-0.3, -0.25) is 0 Å². The maximum Gasteiger partial charge on any atom is 0.161 e. The molecule has 4 nitrogen and oxygen atoms in total. The van der Waals surface area contributed by atoms with E-state index in [1.54, 1.807) is 7.11 Å². The molecule has 0 radical (unpaired) electrons. The van der Waals surface area contributed by atoms with Crippen molar-refractivity contribution in [2.45, 2.75) is 13.5 Å². The molecule has 0 amide bonds. The fourth-order valence-electron chi connectivity index (χ4n) is 3.27. The van der Waals surface area contributed by atoms with Crippen LogP contribution in [0.3, 0.4) is 0 Å². The van der Waals surface area contributed by atoms with Crippen molar-refractivity contribution in [2.24, 2.45) is 0 Å². The van der Waals surface area contributed by atoms with Crippen LogP contribution in [0.2, 0.25) is 5.02 Å². The molecule has 2 heterocycles. The predicted octanol–water partition coefficient (Wildman–Crippen LogP) is 3.81. The number of halogens is 1. The topological polar surface area (TPSA) is 35.8 Å². The highest BCUT2D eigenvalue weighted by Crippen LogP contribution is 2.33. The van der Waals surface area contributed by atoms with Crippen LogP contribution in [-0.4, -0.2) is 24.3 Å². The Morgan fingerprint density at radius 1 is 1.04 bits per heavy atom. The number of imidazole rings is 1. The summed E-state index contributed by atoms with van der Waals surface area (Å²) < 4.78 is 13.6. The molecule has 4 rings (SSSR count). The second-order valence-electron chi connectivity index (χ2n) is 6.84. The van der Waals surface area contributed by atoms with Crippen molar-refractivity contribution in [3.05, 3.63) is 77.1 Å². The summed E-state index contributed by atoms with van der Waals surface area (Å²) in [5.74, 6) is 1.37. The molecule has 0 bridgehead atoms. The number of ether oxygens (including phenoxy) is 2. The van der Waals surface area contributed by atoms with Crippen LogP contribution in [0, 0.1) is 6.92 Å². The van der Waals surface area contributed by atoms with Gasteiger partial charge in [-0.1, -0.05) is 29.8 Å². The van der Waals surface area contributed by atoms with Gasteiger partial charge in [0.15, 0.2) is 11.5 Å². The van der Waals surface area contributed by atoms with Crippen LogP contribution in [0.5, 0.6) is 11.5 Å². The molecule has 2 aromatic heterocycles. The summed E-state index contributed by atoms with van der Waals surface area (Å²) in [6, 6.07) is 15.6. The molecule has 0 unspecified atom stereocenters. The van der Waals surface area contributed by atoms with Gasteiger partial charge in [0.2, 0.25) is 0 Å². The zero-order valence-corrected chi connectivity index (χ0v) is 16.8. The van der Waals surface area contributed by atoms with E-state index in [-0.39, 0.29) is 0 Å². The van der Waals surface area contributed by atoms with Crippen molar-refractivity contribution in [1.82, 2.24) is 9.38 Å². The van der Waals surface area contributed by atoms with Crippen molar-refractivity contribution >= 4 is 30.6 Å². The van der Waals surface area contributed by atoms with Gasteiger partial charge in [0.1, 0.15) is 20.1 Å². The Morgan fingerprint density at radius 3 is 2.57 bits per heavy atom. The van der Waals surface area contributed by atoms with Gasteiger partial charge in [-0.05, 0) is 53.8 Å². The molecule has 28 heavy (non-hydrogen) atoms. The quantitative estimate of drug-likeness (QED) is 0.486. The first-order valence-corrected chi connectivity index (χ1v) is 9.43. The Labute approximate surface area is 170 Å². The maximum absolute atomic E-state index is 5.94. The Kier molecular flexibility index (Phi) is 5.01. The highest BCUT2D eigenvalue weighted by Gasteiger charge is 2.11. The van der Waals surface area contributed by atoms with Crippen molar-refractivity contribution in [2.75, 3.05) is 7.11 Å². The fourth-order valence-corrected chi connectivity index (χ4v) is 3.40. The van der Waals surface area contributed by atoms with Gasteiger partial charge in [0, 0.05) is 23.0 Å². The Bertz CT molecular complexity index is 1140. The SMILES string of the molecule is Bc1cc(C)cn2cc(-c3ccc(OCc4ccc(Cl)cc4)c(OC)c3)nc12. The van der Waals surface area contributed by atoms with E-state index in [4.69, 9.17) is 26.1 Å². The molecule has 140 valence electrons. The molecule has 0 spiro atoms. The van der Waals surface area contributed by atoms with Crippen molar-refractivity contribution in [1.29, 1.82) is 0 Å². The highest BCUT2D eigenvalue weighted by molar-refractivity contribution is 6.36. The molecule has 0 saturated carbocycles. The fraction of sp³-hybridized carbons (Fsp3) is 0.136. The Morgan fingerprint density at radius 2 is 1.82 bits per heavy atom. The minimum atomic E-state index is 0.444. The molecule has 0 aliphatic carbocycles. The molecule has 6 heteroatoms. The number of hydrogen-bond acceptors (Lipinski definition) is 3. The predicted molar refractivity (Wildman–Crippen MR) is 116 cm³/mol. The summed E-state index contributed by atoms with van der Waals surface area (Å²) in [7, 11) is 3.72. The monoisotopic (exact) mass is 390 g/mol. The van der Waals surface area contributed by atoms with Gasteiger partial charge in [0.05, 0.1) is 12.8 Å². The minimum Gasteiger partial charge on any atom is -0.493 e. The maximum atomic E-state index is 5.94. The lowest BCUT2D eigenvalue weighted by Crippen LogP contribution is -2.08. The third kappa shape index (κ3) is 3.71. The van der Waals surface area contributed by atoms with E-state index in [0.717, 1.165) is 27.9 Å². The molecule has 4 aromatic rings. The van der Waals surface area contributed by atoms with Crippen LogP contribution in [0.4, 0.5) is 0 Å². The van der Waals surface area contributed by atoms with Crippen LogP contribution >= 0.6 is 11.6 Å². The minimum absolute atomic E-state index is 0.444. The van der Waals surface area contributed by atoms with Gasteiger partial charge in [-0.15, -0.1) is 0 Å². The second-order valence-corrected chi connectivity index (χ2v) is 7.27. The first kappa shape index (κ1) is 18.4. The van der Waals surface area contributed by atoms with E-state index in [1.807, 2.05) is 48.7 Å². The summed E-state index contributed by atoms with van der Waals surface area (Å²) >= 11 is 5.93. The smallest absolute Gasteiger partial charge is 0.161 e. The summed E-state index contributed by atoms with van der Waals surface area (Å²) in [6.45, 7) is 2.53. The highest BCUT2D eigenvalue weighted by atomic mass is 35.5. The van der Waals surface area contributed by atoms with Crippen LogP contribution in [0.15, 0.2) is 60.9 Å². The molecule has 0 N–H and O–H groups in total. The van der Waals surface area contributed by atoms with Gasteiger partial charge >= 0.3 is 0 Å². The molecule has 0 aliphatic rings. The molecular weight excluding hydrogens is 371 g/mol. The number of rotatable bonds is 5. The van der Waals surface area contributed by atoms with Crippen molar-refractivity contribution < 1.29 is 9.47 Å². The zero-order chi connectivity index (χ0) is 19.7. The average Bonchev–Trinajstić information content (AvgIpc) is 3.12. The van der Waals surface area contributed by atoms with E-state index in [2.05, 4.69) is 31.4 Å². The molecule has 0 atom stereocenters. The Balaban J connectivity index is 1.61. The summed E-state index contributed by atoms with van der Waals surface area (Å²) in [5.41, 5.74) is 6.25. The number of pyridine rings is 1. The molecule has 0 aliphatic heterocycles. The van der Waals surface area contributed by atoms with E-state index in [0.29, 0.717) is 23.1 Å². The molecule has 0 fully saturated rings. The summed E-state index contributed by atoms with van der Waals surface area (Å²) in [5, 5.41) is 0.712. The first-order valence-electron chi connectivity index (χ1n) is 9.05. The summed E-state index contributed by atoms with van der Waals surface area (Å²) in [4.78, 5) is 4.78. The lowest BCUT2D eigenvalue weighted by molar-refractivity contribution is 0.284. The Hall–Kier alpha value is -2.92. The lowest BCUT2D eigenvalue weighted by atomic mass is 9.96. The van der Waals surface area contributed by atoms with Crippen LogP contribution < -0.4 is 14.9 Å². The van der Waals surface area contributed by atoms with Gasteiger partial charge in [-0.2, -0.15) is 0 Å². The van der Waals surface area contributed by atoms with E-state index in [1.165, 1.54) is 5.56 Å². The number of aryl methyl sites for hydroxylation is 1. The van der Waals surface area contributed by atoms with E-state index in [9.17, 15) is 0 Å². The van der Waals surface area contributed by atoms with E-state index < -0.39 is 0 Å². The van der Waals surface area contributed by atoms with Gasteiger partial charge < -0.3 is 13.9 Å². The standard InChI is InChI=1S/C22H20BClN2O2/c1-14-9-18(23)22-25-19(12-26(22)11-14)16-5-8-20(21(10-16)27-2)28-13-15-3-6-17(24)7-4-15/h3-12H,13,23H2,1-2H3. The normalized spacial score (nSPS) is 11.0. The molecule has 0 saturated heterocycles. The van der Waals surface area contributed by atoms with E-state index >= 15 is 0 Å². The number of methoxy groups -OCH3 is 1. The third-order valence-corrected chi connectivity index (χ3v) is 4.89. The largest absolute Gasteiger partial charge is 0.493 e. The second kappa shape index (κ2) is 7.60. The first-order chi connectivity index (χ1) is 13.5. The third-order valence-electron chi connectivity index (χ3n) is 4.64. The number of fused-ring (bicyclic) bond motifs is 1. The number of benzene rings is 2. The molecule has 2 aromatic carbocycles. The average molecular weight is 391 g/mol. The number of aromatic nitrogens is 2. The lowest BCUT2D eigenvalue weighted by Gasteiger charge is -2.12.